The number of aromatic amines is 1. The van der Waals surface area contributed by atoms with Crippen LogP contribution < -0.4 is 16.6 Å². The van der Waals surface area contributed by atoms with Crippen LogP contribution in [0.25, 0.3) is 26.8 Å². The topological polar surface area (TPSA) is 76.9 Å². The van der Waals surface area contributed by atoms with E-state index >= 15 is 0 Å². The average molecular weight is 441 g/mol. The van der Waals surface area contributed by atoms with Crippen molar-refractivity contribution in [1.82, 2.24) is 14.1 Å². The van der Waals surface area contributed by atoms with Crippen LogP contribution in [0.3, 0.4) is 0 Å². The SMILES string of the molecule is Cn1cc(P(C)(C)=O)c2cc(-n3c(=O)[nH]c4sc5c(c4c3=O)CCCCC5)ccc21. The predicted molar refractivity (Wildman–Crippen MR) is 125 cm³/mol. The molecule has 3 heterocycles. The van der Waals surface area contributed by atoms with Crippen molar-refractivity contribution in [3.8, 4) is 5.69 Å². The van der Waals surface area contributed by atoms with E-state index in [0.29, 0.717) is 15.9 Å². The minimum atomic E-state index is -2.52. The maximum atomic E-state index is 13.5. The van der Waals surface area contributed by atoms with Gasteiger partial charge in [0.05, 0.1) is 11.1 Å². The Balaban J connectivity index is 1.80. The number of aromatic nitrogens is 3. The van der Waals surface area contributed by atoms with Gasteiger partial charge < -0.3 is 9.13 Å². The summed E-state index contributed by atoms with van der Waals surface area (Å²) in [5, 5.41) is 2.23. The molecule has 0 saturated carbocycles. The zero-order valence-corrected chi connectivity index (χ0v) is 19.0. The lowest BCUT2D eigenvalue weighted by Crippen LogP contribution is -2.33. The second-order valence-corrected chi connectivity index (χ2v) is 12.8. The molecule has 0 unspecified atom stereocenters. The smallest absolute Gasteiger partial charge is 0.334 e. The van der Waals surface area contributed by atoms with Gasteiger partial charge in [0.25, 0.3) is 5.56 Å². The van der Waals surface area contributed by atoms with Gasteiger partial charge in [0.2, 0.25) is 0 Å². The fourth-order valence-corrected chi connectivity index (χ4v) is 7.06. The highest BCUT2D eigenvalue weighted by Gasteiger charge is 2.22. The molecule has 0 amide bonds. The lowest BCUT2D eigenvalue weighted by atomic mass is 10.1. The number of thiophene rings is 1. The fraction of sp³-hybridized carbons (Fsp3) is 0.364. The van der Waals surface area contributed by atoms with Crippen LogP contribution >= 0.6 is 18.5 Å². The first kappa shape index (κ1) is 19.6. The van der Waals surface area contributed by atoms with E-state index in [1.54, 1.807) is 30.7 Å². The number of aryl methyl sites for hydroxylation is 3. The van der Waals surface area contributed by atoms with Crippen LogP contribution in [-0.4, -0.2) is 27.4 Å². The number of nitrogens with zero attached hydrogens (tertiary/aromatic N) is 2. The Hall–Kier alpha value is -2.37. The molecule has 0 saturated heterocycles. The van der Waals surface area contributed by atoms with E-state index < -0.39 is 12.8 Å². The summed E-state index contributed by atoms with van der Waals surface area (Å²) in [5.74, 6) is 0. The van der Waals surface area contributed by atoms with Crippen molar-refractivity contribution in [2.75, 3.05) is 13.3 Å². The van der Waals surface area contributed by atoms with Crippen molar-refractivity contribution in [1.29, 1.82) is 0 Å². The van der Waals surface area contributed by atoms with Crippen LogP contribution in [0, 0.1) is 0 Å². The van der Waals surface area contributed by atoms with Gasteiger partial charge in [-0.2, -0.15) is 0 Å². The first-order valence-electron chi connectivity index (χ1n) is 10.2. The van der Waals surface area contributed by atoms with Crippen LogP contribution in [0.5, 0.6) is 0 Å². The summed E-state index contributed by atoms with van der Waals surface area (Å²) in [6.45, 7) is 3.47. The zero-order valence-electron chi connectivity index (χ0n) is 17.3. The van der Waals surface area contributed by atoms with Crippen molar-refractivity contribution < 1.29 is 4.57 Å². The van der Waals surface area contributed by atoms with Crippen LogP contribution in [0.4, 0.5) is 0 Å². The van der Waals surface area contributed by atoms with E-state index in [9.17, 15) is 14.2 Å². The number of hydrogen-bond donors (Lipinski definition) is 1. The van der Waals surface area contributed by atoms with Crippen molar-refractivity contribution in [2.24, 2.45) is 7.05 Å². The van der Waals surface area contributed by atoms with Gasteiger partial charge in [-0.25, -0.2) is 9.36 Å². The largest absolute Gasteiger partial charge is 0.350 e. The molecule has 0 atom stereocenters. The molecular weight excluding hydrogens is 417 g/mol. The molecule has 5 rings (SSSR count). The van der Waals surface area contributed by atoms with Gasteiger partial charge >= 0.3 is 5.69 Å². The fourth-order valence-electron chi connectivity index (χ4n) is 4.58. The summed E-state index contributed by atoms with van der Waals surface area (Å²) >= 11 is 1.55. The highest BCUT2D eigenvalue weighted by atomic mass is 32.1. The third-order valence-electron chi connectivity index (χ3n) is 6.05. The maximum absolute atomic E-state index is 13.5. The lowest BCUT2D eigenvalue weighted by molar-refractivity contribution is 0.588. The number of rotatable bonds is 2. The molecule has 1 N–H and O–H groups in total. The molecule has 0 spiro atoms. The molecule has 1 aliphatic carbocycles. The number of benzene rings is 1. The van der Waals surface area contributed by atoms with Gasteiger partial charge in [0.1, 0.15) is 12.0 Å². The van der Waals surface area contributed by atoms with Crippen LogP contribution in [0.15, 0.2) is 34.0 Å². The first-order chi connectivity index (χ1) is 14.3. The Labute approximate surface area is 177 Å². The van der Waals surface area contributed by atoms with Crippen LogP contribution in [0.2, 0.25) is 0 Å². The standard InChI is InChI=1S/C22H24N3O3PS/c1-24-12-17(29(2,3)28)15-11-13(9-10-16(15)24)25-21(26)19-14-7-5-4-6-8-18(14)30-20(19)23-22(25)27/h9-12H,4-8H2,1-3H3,(H,23,27). The second-order valence-electron chi connectivity index (χ2n) is 8.52. The molecule has 0 fully saturated rings. The molecule has 0 bridgehead atoms. The summed E-state index contributed by atoms with van der Waals surface area (Å²) < 4.78 is 16.0. The van der Waals surface area contributed by atoms with Gasteiger partial charge in [0.15, 0.2) is 0 Å². The number of nitrogens with one attached hydrogen (secondary N) is 1. The maximum Gasteiger partial charge on any atom is 0.334 e. The van der Waals surface area contributed by atoms with Crippen molar-refractivity contribution >= 4 is 44.9 Å². The van der Waals surface area contributed by atoms with Gasteiger partial charge in [0, 0.05) is 34.3 Å². The van der Waals surface area contributed by atoms with Gasteiger partial charge in [-0.15, -0.1) is 11.3 Å². The Morgan fingerprint density at radius 1 is 1.10 bits per heavy atom. The Morgan fingerprint density at radius 3 is 2.63 bits per heavy atom. The van der Waals surface area contributed by atoms with Gasteiger partial charge in [-0.1, -0.05) is 6.42 Å². The molecule has 1 aromatic carbocycles. The number of fused-ring (bicyclic) bond motifs is 4. The summed E-state index contributed by atoms with van der Waals surface area (Å²) in [5.41, 5.74) is 1.84. The van der Waals surface area contributed by atoms with E-state index in [-0.39, 0.29) is 5.56 Å². The summed E-state index contributed by atoms with van der Waals surface area (Å²) in [6.07, 6.45) is 7.09. The first-order valence-corrected chi connectivity index (χ1v) is 13.6. The molecular formula is C22H24N3O3PS. The molecule has 6 nitrogen and oxygen atoms in total. The molecule has 0 aliphatic heterocycles. The average Bonchev–Trinajstić information content (AvgIpc) is 3.10. The minimum absolute atomic E-state index is 0.263. The highest BCUT2D eigenvalue weighted by molar-refractivity contribution is 7.70. The van der Waals surface area contributed by atoms with Crippen LogP contribution in [-0.2, 0) is 24.5 Å². The molecule has 8 heteroatoms. The van der Waals surface area contributed by atoms with Gasteiger partial charge in [-0.05, 0) is 62.8 Å². The minimum Gasteiger partial charge on any atom is -0.350 e. The van der Waals surface area contributed by atoms with E-state index in [1.807, 2.05) is 29.9 Å². The second kappa shape index (κ2) is 6.82. The van der Waals surface area contributed by atoms with E-state index in [1.165, 1.54) is 15.9 Å². The summed E-state index contributed by atoms with van der Waals surface area (Å²) in [7, 11) is -0.611. The van der Waals surface area contributed by atoms with Gasteiger partial charge in [-0.3, -0.25) is 9.78 Å². The molecule has 156 valence electrons. The van der Waals surface area contributed by atoms with Crippen molar-refractivity contribution in [2.45, 2.75) is 32.1 Å². The number of hydrogen-bond acceptors (Lipinski definition) is 4. The van der Waals surface area contributed by atoms with E-state index in [4.69, 9.17) is 0 Å². The third kappa shape index (κ3) is 2.95. The molecule has 1 aliphatic rings. The Bertz CT molecular complexity index is 1480. The Morgan fingerprint density at radius 2 is 1.87 bits per heavy atom. The molecule has 0 radical (unpaired) electrons. The highest BCUT2D eigenvalue weighted by Crippen LogP contribution is 2.38. The normalized spacial score (nSPS) is 14.9. The van der Waals surface area contributed by atoms with Crippen molar-refractivity contribution in [3.63, 3.8) is 0 Å². The molecule has 30 heavy (non-hydrogen) atoms. The lowest BCUT2D eigenvalue weighted by Gasteiger charge is -2.08. The van der Waals surface area contributed by atoms with E-state index in [0.717, 1.165) is 47.5 Å². The Kier molecular flexibility index (Phi) is 4.46. The van der Waals surface area contributed by atoms with Crippen LogP contribution in [0.1, 0.15) is 29.7 Å². The molecule has 4 aromatic rings. The third-order valence-corrected chi connectivity index (χ3v) is 8.78. The summed E-state index contributed by atoms with van der Waals surface area (Å²) in [6, 6.07) is 5.49. The molecule has 3 aromatic heterocycles. The zero-order chi connectivity index (χ0) is 21.2. The quantitative estimate of drug-likeness (QED) is 0.380. The monoisotopic (exact) mass is 441 g/mol. The summed E-state index contributed by atoms with van der Waals surface area (Å²) in [4.78, 5) is 31.3. The number of H-pyrrole nitrogens is 1. The van der Waals surface area contributed by atoms with E-state index in [2.05, 4.69) is 4.98 Å². The predicted octanol–water partition coefficient (Wildman–Crippen LogP) is 3.75. The van der Waals surface area contributed by atoms with Crippen molar-refractivity contribution in [3.05, 3.63) is 55.7 Å².